The highest BCUT2D eigenvalue weighted by molar-refractivity contribution is 5.18. The molecule has 0 aliphatic carbocycles. The lowest BCUT2D eigenvalue weighted by molar-refractivity contribution is 0.0491. The van der Waals surface area contributed by atoms with E-state index >= 15 is 0 Å². The number of rotatable bonds is 8. The number of nitrogens with one attached hydrogen (secondary N) is 1. The van der Waals surface area contributed by atoms with Gasteiger partial charge in [-0.2, -0.15) is 4.98 Å². The Morgan fingerprint density at radius 2 is 2.05 bits per heavy atom. The van der Waals surface area contributed by atoms with Crippen LogP contribution >= 0.6 is 0 Å². The van der Waals surface area contributed by atoms with Crippen molar-refractivity contribution in [2.75, 3.05) is 6.54 Å². The van der Waals surface area contributed by atoms with E-state index in [1.165, 1.54) is 0 Å². The summed E-state index contributed by atoms with van der Waals surface area (Å²) in [4.78, 5) is 4.35. The minimum absolute atomic E-state index is 0.474. The Balaban J connectivity index is 1.81. The van der Waals surface area contributed by atoms with Crippen molar-refractivity contribution >= 4 is 0 Å². The van der Waals surface area contributed by atoms with Gasteiger partial charge in [-0.25, -0.2) is 0 Å². The van der Waals surface area contributed by atoms with Crippen molar-refractivity contribution in [1.82, 2.24) is 15.5 Å². The van der Waals surface area contributed by atoms with E-state index in [0.29, 0.717) is 31.2 Å². The van der Waals surface area contributed by atoms with E-state index in [1.807, 2.05) is 37.3 Å². The standard InChI is InChI=1S/C16H23N3O2/c1-3-9-16(2,20)12-17-11-15-18-14(19-21-15)10-13-7-5-4-6-8-13/h4-8,17,20H,3,9-12H2,1-2H3. The van der Waals surface area contributed by atoms with Gasteiger partial charge < -0.3 is 14.9 Å². The van der Waals surface area contributed by atoms with Crippen molar-refractivity contribution in [2.45, 2.75) is 45.3 Å². The van der Waals surface area contributed by atoms with E-state index in [2.05, 4.69) is 22.4 Å². The van der Waals surface area contributed by atoms with Gasteiger partial charge in [0.05, 0.1) is 12.1 Å². The molecule has 0 bridgehead atoms. The minimum Gasteiger partial charge on any atom is -0.389 e. The molecule has 2 aromatic rings. The van der Waals surface area contributed by atoms with Gasteiger partial charge in [0.1, 0.15) is 0 Å². The van der Waals surface area contributed by atoms with Crippen LogP contribution in [0.5, 0.6) is 0 Å². The summed E-state index contributed by atoms with van der Waals surface area (Å²) in [6.07, 6.45) is 2.39. The lowest BCUT2D eigenvalue weighted by Gasteiger charge is -2.22. The molecule has 0 spiro atoms. The van der Waals surface area contributed by atoms with E-state index < -0.39 is 5.60 Å². The Kier molecular flexibility index (Phi) is 5.47. The predicted octanol–water partition coefficient (Wildman–Crippen LogP) is 2.30. The van der Waals surface area contributed by atoms with Crippen LogP contribution in [0.25, 0.3) is 0 Å². The van der Waals surface area contributed by atoms with Gasteiger partial charge in [-0.05, 0) is 18.9 Å². The molecule has 2 N–H and O–H groups in total. The average Bonchev–Trinajstić information content (AvgIpc) is 2.87. The first-order valence-corrected chi connectivity index (χ1v) is 7.37. The first kappa shape index (κ1) is 15.7. The molecule has 2 rings (SSSR count). The Morgan fingerprint density at radius 1 is 1.29 bits per heavy atom. The fourth-order valence-corrected chi connectivity index (χ4v) is 2.28. The number of aromatic nitrogens is 2. The first-order chi connectivity index (χ1) is 10.1. The third-order valence-corrected chi connectivity index (χ3v) is 3.29. The smallest absolute Gasteiger partial charge is 0.240 e. The zero-order valence-corrected chi connectivity index (χ0v) is 12.7. The molecule has 1 aromatic carbocycles. The first-order valence-electron chi connectivity index (χ1n) is 7.37. The van der Waals surface area contributed by atoms with Crippen LogP contribution in [-0.2, 0) is 13.0 Å². The Labute approximate surface area is 125 Å². The lowest BCUT2D eigenvalue weighted by Crippen LogP contribution is -2.37. The molecule has 1 heterocycles. The van der Waals surface area contributed by atoms with Gasteiger partial charge in [-0.15, -0.1) is 0 Å². The normalized spacial score (nSPS) is 14.0. The zero-order chi connectivity index (χ0) is 15.1. The molecule has 1 unspecified atom stereocenters. The molecule has 1 atom stereocenters. The molecular formula is C16H23N3O2. The molecule has 0 saturated heterocycles. The molecule has 5 nitrogen and oxygen atoms in total. The third kappa shape index (κ3) is 5.28. The zero-order valence-electron chi connectivity index (χ0n) is 12.7. The molecular weight excluding hydrogens is 266 g/mol. The molecule has 0 aliphatic rings. The third-order valence-electron chi connectivity index (χ3n) is 3.29. The SMILES string of the molecule is CCCC(C)(O)CNCc1nc(Cc2ccccc2)no1. The van der Waals surface area contributed by atoms with E-state index in [1.54, 1.807) is 0 Å². The van der Waals surface area contributed by atoms with Gasteiger partial charge in [0.15, 0.2) is 5.82 Å². The summed E-state index contributed by atoms with van der Waals surface area (Å²) in [6.45, 7) is 4.87. The summed E-state index contributed by atoms with van der Waals surface area (Å²) in [7, 11) is 0. The van der Waals surface area contributed by atoms with Gasteiger partial charge in [-0.1, -0.05) is 48.8 Å². The van der Waals surface area contributed by atoms with E-state index in [0.717, 1.165) is 18.4 Å². The van der Waals surface area contributed by atoms with Crippen LogP contribution in [0.4, 0.5) is 0 Å². The van der Waals surface area contributed by atoms with E-state index in [4.69, 9.17) is 4.52 Å². The number of aliphatic hydroxyl groups is 1. The molecule has 0 fully saturated rings. The molecule has 0 aliphatic heterocycles. The highest BCUT2D eigenvalue weighted by atomic mass is 16.5. The maximum Gasteiger partial charge on any atom is 0.240 e. The van der Waals surface area contributed by atoms with Gasteiger partial charge in [-0.3, -0.25) is 0 Å². The second kappa shape index (κ2) is 7.33. The molecule has 0 saturated carbocycles. The molecule has 21 heavy (non-hydrogen) atoms. The summed E-state index contributed by atoms with van der Waals surface area (Å²) in [6, 6.07) is 10.0. The van der Waals surface area contributed by atoms with Crippen LogP contribution in [0.15, 0.2) is 34.9 Å². The van der Waals surface area contributed by atoms with Crippen LogP contribution in [0.1, 0.15) is 44.0 Å². The average molecular weight is 289 g/mol. The molecule has 1 aromatic heterocycles. The quantitative estimate of drug-likeness (QED) is 0.780. The van der Waals surface area contributed by atoms with Gasteiger partial charge in [0, 0.05) is 13.0 Å². The molecule has 0 amide bonds. The Morgan fingerprint density at radius 3 is 2.76 bits per heavy atom. The molecule has 0 radical (unpaired) electrons. The van der Waals surface area contributed by atoms with E-state index in [9.17, 15) is 5.11 Å². The maximum atomic E-state index is 10.1. The summed E-state index contributed by atoms with van der Waals surface area (Å²) < 4.78 is 5.21. The van der Waals surface area contributed by atoms with Crippen molar-refractivity contribution in [2.24, 2.45) is 0 Å². The van der Waals surface area contributed by atoms with Crippen LogP contribution in [0.3, 0.4) is 0 Å². The monoisotopic (exact) mass is 289 g/mol. The number of hydrogen-bond donors (Lipinski definition) is 2. The fraction of sp³-hybridized carbons (Fsp3) is 0.500. The van der Waals surface area contributed by atoms with E-state index in [-0.39, 0.29) is 0 Å². The largest absolute Gasteiger partial charge is 0.389 e. The number of hydrogen-bond acceptors (Lipinski definition) is 5. The van der Waals surface area contributed by atoms with Crippen LogP contribution in [0, 0.1) is 0 Å². The Bertz CT molecular complexity index is 537. The minimum atomic E-state index is -0.693. The molecule has 5 heteroatoms. The van der Waals surface area contributed by atoms with Gasteiger partial charge in [0.2, 0.25) is 5.89 Å². The van der Waals surface area contributed by atoms with Gasteiger partial charge in [0.25, 0.3) is 0 Å². The van der Waals surface area contributed by atoms with Crippen molar-refractivity contribution in [3.63, 3.8) is 0 Å². The summed E-state index contributed by atoms with van der Waals surface area (Å²) >= 11 is 0. The van der Waals surface area contributed by atoms with Crippen molar-refractivity contribution < 1.29 is 9.63 Å². The summed E-state index contributed by atoms with van der Waals surface area (Å²) in [5.41, 5.74) is 0.463. The highest BCUT2D eigenvalue weighted by Crippen LogP contribution is 2.10. The van der Waals surface area contributed by atoms with Crippen LogP contribution in [-0.4, -0.2) is 27.4 Å². The van der Waals surface area contributed by atoms with Crippen molar-refractivity contribution in [3.8, 4) is 0 Å². The number of benzene rings is 1. The van der Waals surface area contributed by atoms with Crippen LogP contribution in [0.2, 0.25) is 0 Å². The predicted molar refractivity (Wildman–Crippen MR) is 80.8 cm³/mol. The van der Waals surface area contributed by atoms with Crippen LogP contribution < -0.4 is 5.32 Å². The topological polar surface area (TPSA) is 71.2 Å². The Hall–Kier alpha value is -1.72. The van der Waals surface area contributed by atoms with Crippen molar-refractivity contribution in [1.29, 1.82) is 0 Å². The highest BCUT2D eigenvalue weighted by Gasteiger charge is 2.18. The van der Waals surface area contributed by atoms with Gasteiger partial charge >= 0.3 is 0 Å². The summed E-state index contributed by atoms with van der Waals surface area (Å²) in [5.74, 6) is 1.23. The second-order valence-corrected chi connectivity index (χ2v) is 5.62. The maximum absolute atomic E-state index is 10.1. The second-order valence-electron chi connectivity index (χ2n) is 5.62. The molecule has 114 valence electrons. The lowest BCUT2D eigenvalue weighted by atomic mass is 10.0. The number of nitrogens with zero attached hydrogens (tertiary/aromatic N) is 2. The summed E-state index contributed by atoms with van der Waals surface area (Å²) in [5, 5.41) is 17.2. The fourth-order valence-electron chi connectivity index (χ4n) is 2.28. The van der Waals surface area contributed by atoms with Crippen molar-refractivity contribution in [3.05, 3.63) is 47.6 Å².